The van der Waals surface area contributed by atoms with E-state index in [1.165, 1.54) is 0 Å². The van der Waals surface area contributed by atoms with E-state index in [4.69, 9.17) is 4.74 Å². The van der Waals surface area contributed by atoms with Gasteiger partial charge in [-0.25, -0.2) is 4.98 Å². The molecule has 0 atom stereocenters. The summed E-state index contributed by atoms with van der Waals surface area (Å²) in [6.07, 6.45) is 1.82. The lowest BCUT2D eigenvalue weighted by atomic mass is 10.2. The maximum Gasteiger partial charge on any atom is 0.251 e. The summed E-state index contributed by atoms with van der Waals surface area (Å²) in [7, 11) is 0. The van der Waals surface area contributed by atoms with Crippen molar-refractivity contribution in [2.24, 2.45) is 0 Å². The first kappa shape index (κ1) is 16.2. The number of benzene rings is 1. The number of pyridine rings is 1. The van der Waals surface area contributed by atoms with E-state index in [0.29, 0.717) is 12.1 Å². The Morgan fingerprint density at radius 3 is 2.78 bits per heavy atom. The Kier molecular flexibility index (Phi) is 5.45. The van der Waals surface area contributed by atoms with Crippen molar-refractivity contribution in [2.75, 3.05) is 31.2 Å². The Balaban J connectivity index is 1.57. The lowest BCUT2D eigenvalue weighted by molar-refractivity contribution is 0.0951. The third-order valence-corrected chi connectivity index (χ3v) is 4.36. The number of hydrogen-bond acceptors (Lipinski definition) is 4. The van der Waals surface area contributed by atoms with Gasteiger partial charge in [-0.15, -0.1) is 0 Å². The number of anilines is 1. The molecule has 0 unspecified atom stereocenters. The SMILES string of the molecule is O=C(NCc1ccc(N2CCOCC2)nc1)c1cccc(I)c1. The maximum absolute atomic E-state index is 12.1. The van der Waals surface area contributed by atoms with E-state index >= 15 is 0 Å². The van der Waals surface area contributed by atoms with Crippen LogP contribution in [0, 0.1) is 3.57 Å². The van der Waals surface area contributed by atoms with E-state index in [1.807, 2.05) is 42.6 Å². The molecule has 1 fully saturated rings. The number of nitrogens with zero attached hydrogens (tertiary/aromatic N) is 2. The van der Waals surface area contributed by atoms with Crippen molar-refractivity contribution in [1.29, 1.82) is 0 Å². The molecule has 120 valence electrons. The Bertz CT molecular complexity index is 670. The van der Waals surface area contributed by atoms with Crippen molar-refractivity contribution in [3.8, 4) is 0 Å². The molecule has 1 N–H and O–H groups in total. The second-order valence-corrected chi connectivity index (χ2v) is 6.56. The molecule has 1 saturated heterocycles. The standard InChI is InChI=1S/C17H18IN3O2/c18-15-3-1-2-14(10-15)17(22)20-12-13-4-5-16(19-11-13)21-6-8-23-9-7-21/h1-5,10-11H,6-9,12H2,(H,20,22). The molecule has 0 radical (unpaired) electrons. The number of carbonyl (C=O) groups is 1. The minimum Gasteiger partial charge on any atom is -0.378 e. The van der Waals surface area contributed by atoms with Crippen LogP contribution in [-0.2, 0) is 11.3 Å². The van der Waals surface area contributed by atoms with Crippen LogP contribution < -0.4 is 10.2 Å². The van der Waals surface area contributed by atoms with Gasteiger partial charge in [-0.2, -0.15) is 0 Å². The molecule has 0 bridgehead atoms. The van der Waals surface area contributed by atoms with Crippen LogP contribution in [0.4, 0.5) is 5.82 Å². The highest BCUT2D eigenvalue weighted by molar-refractivity contribution is 14.1. The molecule has 1 amide bonds. The van der Waals surface area contributed by atoms with Gasteiger partial charge >= 0.3 is 0 Å². The minimum absolute atomic E-state index is 0.0687. The summed E-state index contributed by atoms with van der Waals surface area (Å²) in [6.45, 7) is 3.71. The summed E-state index contributed by atoms with van der Waals surface area (Å²) in [5.74, 6) is 0.891. The minimum atomic E-state index is -0.0687. The Morgan fingerprint density at radius 1 is 1.26 bits per heavy atom. The van der Waals surface area contributed by atoms with Crippen molar-refractivity contribution in [3.05, 3.63) is 57.3 Å². The quantitative estimate of drug-likeness (QED) is 0.768. The van der Waals surface area contributed by atoms with Gasteiger partial charge in [0.05, 0.1) is 13.2 Å². The molecule has 23 heavy (non-hydrogen) atoms. The van der Waals surface area contributed by atoms with Gasteiger partial charge < -0.3 is 15.0 Å². The van der Waals surface area contributed by atoms with Crippen molar-refractivity contribution in [1.82, 2.24) is 10.3 Å². The average molecular weight is 423 g/mol. The average Bonchev–Trinajstić information content (AvgIpc) is 2.61. The molecule has 0 saturated carbocycles. The molecule has 2 heterocycles. The summed E-state index contributed by atoms with van der Waals surface area (Å²) in [4.78, 5) is 18.8. The highest BCUT2D eigenvalue weighted by Crippen LogP contribution is 2.13. The van der Waals surface area contributed by atoms with Gasteiger partial charge in [0, 0.05) is 35.0 Å². The zero-order chi connectivity index (χ0) is 16.1. The molecule has 0 aliphatic carbocycles. The van der Waals surface area contributed by atoms with E-state index in [1.54, 1.807) is 0 Å². The lowest BCUT2D eigenvalue weighted by Crippen LogP contribution is -2.36. The summed E-state index contributed by atoms with van der Waals surface area (Å²) in [5.41, 5.74) is 1.66. The first-order chi connectivity index (χ1) is 11.2. The fraction of sp³-hybridized carbons (Fsp3) is 0.294. The third-order valence-electron chi connectivity index (χ3n) is 3.68. The van der Waals surface area contributed by atoms with E-state index in [2.05, 4.69) is 37.8 Å². The summed E-state index contributed by atoms with van der Waals surface area (Å²) in [5, 5.41) is 2.93. The molecule has 1 aliphatic rings. The highest BCUT2D eigenvalue weighted by atomic mass is 127. The molecule has 0 spiro atoms. The Hall–Kier alpha value is -1.67. The molecule has 1 aliphatic heterocycles. The van der Waals surface area contributed by atoms with Gasteiger partial charge in [0.25, 0.3) is 5.91 Å². The molecule has 3 rings (SSSR count). The predicted molar refractivity (Wildman–Crippen MR) is 97.6 cm³/mol. The van der Waals surface area contributed by atoms with Crippen LogP contribution in [0.5, 0.6) is 0 Å². The van der Waals surface area contributed by atoms with Crippen molar-refractivity contribution >= 4 is 34.3 Å². The first-order valence-corrected chi connectivity index (χ1v) is 8.61. The molecular weight excluding hydrogens is 405 g/mol. The van der Waals surface area contributed by atoms with Crippen LogP contribution in [0.3, 0.4) is 0 Å². The van der Waals surface area contributed by atoms with Crippen molar-refractivity contribution in [2.45, 2.75) is 6.54 Å². The number of ether oxygens (including phenoxy) is 1. The third kappa shape index (κ3) is 4.42. The van der Waals surface area contributed by atoms with E-state index < -0.39 is 0 Å². The molecular formula is C17H18IN3O2. The normalized spacial score (nSPS) is 14.6. The Morgan fingerprint density at radius 2 is 2.09 bits per heavy atom. The largest absolute Gasteiger partial charge is 0.378 e. The van der Waals surface area contributed by atoms with Crippen molar-refractivity contribution < 1.29 is 9.53 Å². The zero-order valence-electron chi connectivity index (χ0n) is 12.7. The summed E-state index contributed by atoms with van der Waals surface area (Å²) >= 11 is 2.20. The van der Waals surface area contributed by atoms with Crippen LogP contribution >= 0.6 is 22.6 Å². The number of halogens is 1. The molecule has 5 nitrogen and oxygen atoms in total. The van der Waals surface area contributed by atoms with E-state index in [9.17, 15) is 4.79 Å². The number of nitrogens with one attached hydrogen (secondary N) is 1. The number of morpholine rings is 1. The van der Waals surface area contributed by atoms with Crippen LogP contribution in [0.25, 0.3) is 0 Å². The number of rotatable bonds is 4. The van der Waals surface area contributed by atoms with Crippen LogP contribution in [0.15, 0.2) is 42.6 Å². The summed E-state index contributed by atoms with van der Waals surface area (Å²) < 4.78 is 6.39. The fourth-order valence-electron chi connectivity index (χ4n) is 2.41. The van der Waals surface area contributed by atoms with Gasteiger partial charge in [-0.3, -0.25) is 4.79 Å². The monoisotopic (exact) mass is 423 g/mol. The smallest absolute Gasteiger partial charge is 0.251 e. The van der Waals surface area contributed by atoms with Crippen LogP contribution in [0.1, 0.15) is 15.9 Å². The lowest BCUT2D eigenvalue weighted by Gasteiger charge is -2.27. The number of carbonyl (C=O) groups excluding carboxylic acids is 1. The predicted octanol–water partition coefficient (Wildman–Crippen LogP) is 2.45. The second kappa shape index (κ2) is 7.74. The second-order valence-electron chi connectivity index (χ2n) is 5.32. The van der Waals surface area contributed by atoms with Gasteiger partial charge in [0.15, 0.2) is 0 Å². The van der Waals surface area contributed by atoms with Gasteiger partial charge in [-0.05, 0) is 52.4 Å². The number of hydrogen-bond donors (Lipinski definition) is 1. The maximum atomic E-state index is 12.1. The van der Waals surface area contributed by atoms with Crippen LogP contribution in [0.2, 0.25) is 0 Å². The molecule has 1 aromatic carbocycles. The molecule has 6 heteroatoms. The van der Waals surface area contributed by atoms with Gasteiger partial charge in [0.1, 0.15) is 5.82 Å². The van der Waals surface area contributed by atoms with E-state index in [-0.39, 0.29) is 5.91 Å². The van der Waals surface area contributed by atoms with Gasteiger partial charge in [-0.1, -0.05) is 12.1 Å². The number of aromatic nitrogens is 1. The zero-order valence-corrected chi connectivity index (χ0v) is 14.8. The first-order valence-electron chi connectivity index (χ1n) is 7.54. The van der Waals surface area contributed by atoms with Crippen molar-refractivity contribution in [3.63, 3.8) is 0 Å². The van der Waals surface area contributed by atoms with Crippen LogP contribution in [-0.4, -0.2) is 37.2 Å². The highest BCUT2D eigenvalue weighted by Gasteiger charge is 2.12. The topological polar surface area (TPSA) is 54.5 Å². The Labute approximate surface area is 149 Å². The summed E-state index contributed by atoms with van der Waals surface area (Å²) in [6, 6.07) is 11.5. The van der Waals surface area contributed by atoms with E-state index in [0.717, 1.165) is 41.3 Å². The van der Waals surface area contributed by atoms with Gasteiger partial charge in [0.2, 0.25) is 0 Å². The molecule has 1 aromatic heterocycles. The number of amides is 1. The fourth-order valence-corrected chi connectivity index (χ4v) is 2.96. The molecule has 2 aromatic rings.